The third-order valence-corrected chi connectivity index (χ3v) is 4.43. The van der Waals surface area contributed by atoms with E-state index in [4.69, 9.17) is 0 Å². The van der Waals surface area contributed by atoms with Crippen LogP contribution < -0.4 is 16.6 Å². The molecular weight excluding hydrogens is 382 g/mol. The van der Waals surface area contributed by atoms with Gasteiger partial charge in [0, 0.05) is 18.9 Å². The number of aromatic nitrogens is 3. The minimum Gasteiger partial charge on any atom is -0.344 e. The maximum absolute atomic E-state index is 13.3. The van der Waals surface area contributed by atoms with Crippen LogP contribution >= 0.6 is 0 Å². The van der Waals surface area contributed by atoms with E-state index in [2.05, 4.69) is 10.3 Å². The molecule has 0 saturated heterocycles. The van der Waals surface area contributed by atoms with Crippen molar-refractivity contribution < 1.29 is 13.6 Å². The number of hydrogen-bond acceptors (Lipinski definition) is 3. The standard InChI is InChI=1S/C20H14F2N4O3/c1-25-10-15(18(27)23-13-4-2-3-12(22)9-13)16-17(25)19(28)26(20(29)24-16)14-7-5-11(21)6-8-14/h2-10H,1H3,(H,23,27)(H,24,29). The van der Waals surface area contributed by atoms with E-state index in [0.29, 0.717) is 0 Å². The van der Waals surface area contributed by atoms with Crippen LogP contribution in [0.1, 0.15) is 10.4 Å². The van der Waals surface area contributed by atoms with Crippen molar-refractivity contribution in [1.29, 1.82) is 0 Å². The van der Waals surface area contributed by atoms with Crippen molar-refractivity contribution in [2.45, 2.75) is 0 Å². The molecule has 4 rings (SSSR count). The van der Waals surface area contributed by atoms with Gasteiger partial charge in [-0.05, 0) is 42.5 Å². The van der Waals surface area contributed by atoms with Gasteiger partial charge in [0.15, 0.2) is 0 Å². The number of fused-ring (bicyclic) bond motifs is 1. The minimum absolute atomic E-state index is 0.0483. The van der Waals surface area contributed by atoms with Gasteiger partial charge in [0.1, 0.15) is 17.2 Å². The molecule has 2 aromatic carbocycles. The first-order valence-electron chi connectivity index (χ1n) is 8.52. The van der Waals surface area contributed by atoms with E-state index >= 15 is 0 Å². The monoisotopic (exact) mass is 396 g/mol. The van der Waals surface area contributed by atoms with E-state index in [1.165, 1.54) is 41.1 Å². The first-order valence-corrected chi connectivity index (χ1v) is 8.52. The predicted molar refractivity (Wildman–Crippen MR) is 103 cm³/mol. The van der Waals surface area contributed by atoms with Crippen LogP contribution in [0.3, 0.4) is 0 Å². The van der Waals surface area contributed by atoms with Gasteiger partial charge in [-0.1, -0.05) is 6.07 Å². The summed E-state index contributed by atoms with van der Waals surface area (Å²) < 4.78 is 28.8. The normalized spacial score (nSPS) is 11.0. The van der Waals surface area contributed by atoms with Gasteiger partial charge in [0.05, 0.1) is 16.8 Å². The zero-order valence-electron chi connectivity index (χ0n) is 15.1. The number of rotatable bonds is 3. The van der Waals surface area contributed by atoms with E-state index in [9.17, 15) is 23.2 Å². The lowest BCUT2D eigenvalue weighted by Crippen LogP contribution is -2.34. The number of benzene rings is 2. The lowest BCUT2D eigenvalue weighted by atomic mass is 10.2. The zero-order chi connectivity index (χ0) is 20.7. The number of hydrogen-bond donors (Lipinski definition) is 2. The number of amides is 1. The molecule has 2 heterocycles. The van der Waals surface area contributed by atoms with Crippen molar-refractivity contribution in [2.75, 3.05) is 5.32 Å². The average molecular weight is 396 g/mol. The largest absolute Gasteiger partial charge is 0.344 e. The van der Waals surface area contributed by atoms with Gasteiger partial charge in [-0.15, -0.1) is 0 Å². The summed E-state index contributed by atoms with van der Waals surface area (Å²) in [5.74, 6) is -1.64. The molecule has 0 fully saturated rings. The van der Waals surface area contributed by atoms with Gasteiger partial charge < -0.3 is 14.9 Å². The molecule has 0 saturated carbocycles. The van der Waals surface area contributed by atoms with Crippen molar-refractivity contribution in [2.24, 2.45) is 7.05 Å². The first kappa shape index (κ1) is 18.4. The third kappa shape index (κ3) is 3.22. The second-order valence-electron chi connectivity index (χ2n) is 6.39. The van der Waals surface area contributed by atoms with Crippen LogP contribution in [0.15, 0.2) is 64.3 Å². The Balaban J connectivity index is 1.84. The average Bonchev–Trinajstić information content (AvgIpc) is 3.00. The molecular formula is C20H14F2N4O3. The third-order valence-electron chi connectivity index (χ3n) is 4.43. The SMILES string of the molecule is Cn1cc(C(=O)Nc2cccc(F)c2)c2[nH]c(=O)n(-c3ccc(F)cc3)c(=O)c21. The van der Waals surface area contributed by atoms with E-state index in [-0.39, 0.29) is 28.0 Å². The Labute approximate surface area is 161 Å². The number of nitrogens with zero attached hydrogens (tertiary/aromatic N) is 2. The van der Waals surface area contributed by atoms with Gasteiger partial charge in [-0.2, -0.15) is 0 Å². The number of aromatic amines is 1. The Morgan fingerprint density at radius 2 is 1.76 bits per heavy atom. The first-order chi connectivity index (χ1) is 13.8. The van der Waals surface area contributed by atoms with Crippen molar-refractivity contribution in [1.82, 2.24) is 14.1 Å². The molecule has 9 heteroatoms. The fourth-order valence-electron chi connectivity index (χ4n) is 3.13. The molecule has 0 unspecified atom stereocenters. The summed E-state index contributed by atoms with van der Waals surface area (Å²) in [5.41, 5.74) is -0.844. The fourth-order valence-corrected chi connectivity index (χ4v) is 3.13. The molecule has 0 aliphatic rings. The van der Waals surface area contributed by atoms with E-state index in [1.807, 2.05) is 0 Å². The zero-order valence-corrected chi connectivity index (χ0v) is 15.1. The topological polar surface area (TPSA) is 88.9 Å². The van der Waals surface area contributed by atoms with Gasteiger partial charge in [-0.3, -0.25) is 9.59 Å². The quantitative estimate of drug-likeness (QED) is 0.558. The maximum Gasteiger partial charge on any atom is 0.333 e. The molecule has 29 heavy (non-hydrogen) atoms. The number of carbonyl (C=O) groups excluding carboxylic acids is 1. The molecule has 0 aliphatic heterocycles. The Bertz CT molecular complexity index is 1370. The molecule has 0 radical (unpaired) electrons. The Morgan fingerprint density at radius 1 is 1.03 bits per heavy atom. The smallest absolute Gasteiger partial charge is 0.333 e. The van der Waals surface area contributed by atoms with E-state index < -0.39 is 28.8 Å². The van der Waals surface area contributed by atoms with Crippen molar-refractivity contribution in [3.63, 3.8) is 0 Å². The maximum atomic E-state index is 13.3. The molecule has 0 bridgehead atoms. The molecule has 0 aliphatic carbocycles. The Morgan fingerprint density at radius 3 is 2.45 bits per heavy atom. The fraction of sp³-hybridized carbons (Fsp3) is 0.0500. The Kier molecular flexibility index (Phi) is 4.34. The molecule has 4 aromatic rings. The predicted octanol–water partition coefficient (Wildman–Crippen LogP) is 2.55. The summed E-state index contributed by atoms with van der Waals surface area (Å²) >= 11 is 0. The van der Waals surface area contributed by atoms with Crippen LogP contribution in [-0.4, -0.2) is 20.0 Å². The number of aryl methyl sites for hydroxylation is 1. The molecule has 0 atom stereocenters. The molecule has 2 N–H and O–H groups in total. The highest BCUT2D eigenvalue weighted by atomic mass is 19.1. The van der Waals surface area contributed by atoms with Crippen LogP contribution in [0.4, 0.5) is 14.5 Å². The number of nitrogens with one attached hydrogen (secondary N) is 2. The lowest BCUT2D eigenvalue weighted by Gasteiger charge is -2.06. The van der Waals surface area contributed by atoms with Gasteiger partial charge in [0.25, 0.3) is 11.5 Å². The highest BCUT2D eigenvalue weighted by Crippen LogP contribution is 2.18. The van der Waals surface area contributed by atoms with Crippen molar-refractivity contribution in [3.8, 4) is 5.69 Å². The molecule has 1 amide bonds. The van der Waals surface area contributed by atoms with Crippen LogP contribution in [-0.2, 0) is 7.05 Å². The minimum atomic E-state index is -0.778. The second kappa shape index (κ2) is 6.86. The van der Waals surface area contributed by atoms with Crippen LogP contribution in [0, 0.1) is 11.6 Å². The van der Waals surface area contributed by atoms with Gasteiger partial charge in [0.2, 0.25) is 0 Å². The van der Waals surface area contributed by atoms with Crippen LogP contribution in [0.25, 0.3) is 16.7 Å². The summed E-state index contributed by atoms with van der Waals surface area (Å²) in [6.07, 6.45) is 1.39. The summed E-state index contributed by atoms with van der Waals surface area (Å²) in [5, 5.41) is 2.53. The second-order valence-corrected chi connectivity index (χ2v) is 6.39. The molecule has 2 aromatic heterocycles. The molecule has 146 valence electrons. The Hall–Kier alpha value is -4.01. The summed E-state index contributed by atoms with van der Waals surface area (Å²) in [4.78, 5) is 40.7. The summed E-state index contributed by atoms with van der Waals surface area (Å²) in [7, 11) is 1.55. The lowest BCUT2D eigenvalue weighted by molar-refractivity contribution is 0.102. The van der Waals surface area contributed by atoms with Gasteiger partial charge >= 0.3 is 5.69 Å². The van der Waals surface area contributed by atoms with Crippen LogP contribution in [0.2, 0.25) is 0 Å². The molecule has 0 spiro atoms. The number of carbonyl (C=O) groups is 1. The highest BCUT2D eigenvalue weighted by molar-refractivity contribution is 6.11. The van der Waals surface area contributed by atoms with Crippen LogP contribution in [0.5, 0.6) is 0 Å². The number of H-pyrrole nitrogens is 1. The van der Waals surface area contributed by atoms with E-state index in [1.54, 1.807) is 7.05 Å². The summed E-state index contributed by atoms with van der Waals surface area (Å²) in [6, 6.07) is 10.2. The number of anilines is 1. The number of halogens is 2. The van der Waals surface area contributed by atoms with E-state index in [0.717, 1.165) is 22.8 Å². The highest BCUT2D eigenvalue weighted by Gasteiger charge is 2.20. The van der Waals surface area contributed by atoms with Crippen molar-refractivity contribution >= 4 is 22.6 Å². The molecule has 7 nitrogen and oxygen atoms in total. The van der Waals surface area contributed by atoms with Crippen molar-refractivity contribution in [3.05, 3.63) is 92.8 Å². The summed E-state index contributed by atoms with van der Waals surface area (Å²) in [6.45, 7) is 0. The van der Waals surface area contributed by atoms with Gasteiger partial charge in [-0.25, -0.2) is 18.1 Å².